The summed E-state index contributed by atoms with van der Waals surface area (Å²) < 4.78 is 2.01. The van der Waals surface area contributed by atoms with Crippen LogP contribution in [0.2, 0.25) is 0 Å². The van der Waals surface area contributed by atoms with Crippen LogP contribution in [0.25, 0.3) is 10.9 Å². The van der Waals surface area contributed by atoms with Gasteiger partial charge in [-0.2, -0.15) is 5.10 Å². The van der Waals surface area contributed by atoms with Crippen LogP contribution in [-0.2, 0) is 13.6 Å². The van der Waals surface area contributed by atoms with Crippen LogP contribution in [0.15, 0.2) is 30.5 Å². The van der Waals surface area contributed by atoms with Crippen molar-refractivity contribution in [2.45, 2.75) is 20.4 Å². The normalized spacial score (nSPS) is 11.0. The lowest BCUT2D eigenvalue weighted by Crippen LogP contribution is -2.23. The second-order valence-corrected chi connectivity index (χ2v) is 5.26. The molecule has 3 rings (SSSR count). The van der Waals surface area contributed by atoms with Gasteiger partial charge in [-0.15, -0.1) is 0 Å². The number of hydrogen-bond donors (Lipinski definition) is 2. The van der Waals surface area contributed by atoms with Gasteiger partial charge in [0.05, 0.1) is 5.69 Å². The molecule has 0 saturated heterocycles. The highest BCUT2D eigenvalue weighted by molar-refractivity contribution is 6.06. The molecule has 2 N–H and O–H groups in total. The summed E-state index contributed by atoms with van der Waals surface area (Å²) in [6.07, 6.45) is 1.96. The zero-order valence-electron chi connectivity index (χ0n) is 12.4. The molecule has 0 unspecified atom stereocenters. The third-order valence-corrected chi connectivity index (χ3v) is 3.88. The summed E-state index contributed by atoms with van der Waals surface area (Å²) in [6.45, 7) is 4.37. The van der Waals surface area contributed by atoms with Gasteiger partial charge in [-0.05, 0) is 32.0 Å². The van der Waals surface area contributed by atoms with Gasteiger partial charge in [-0.25, -0.2) is 0 Å². The van der Waals surface area contributed by atoms with Crippen LogP contribution in [0.3, 0.4) is 0 Å². The molecule has 21 heavy (non-hydrogen) atoms. The molecule has 0 aliphatic heterocycles. The maximum atomic E-state index is 12.4. The van der Waals surface area contributed by atoms with Gasteiger partial charge >= 0.3 is 0 Å². The summed E-state index contributed by atoms with van der Waals surface area (Å²) >= 11 is 0. The van der Waals surface area contributed by atoms with Gasteiger partial charge in [0.1, 0.15) is 0 Å². The Hall–Kier alpha value is -2.56. The zero-order chi connectivity index (χ0) is 15.0. The highest BCUT2D eigenvalue weighted by Crippen LogP contribution is 2.19. The number of aromatic nitrogens is 3. The lowest BCUT2D eigenvalue weighted by molar-refractivity contribution is 0.0952. The molecular formula is C16H18N4O. The van der Waals surface area contributed by atoms with E-state index in [0.717, 1.165) is 27.9 Å². The quantitative estimate of drug-likeness (QED) is 0.775. The van der Waals surface area contributed by atoms with Gasteiger partial charge in [-0.3, -0.25) is 9.89 Å². The van der Waals surface area contributed by atoms with Crippen LogP contribution in [0.1, 0.15) is 27.3 Å². The number of H-pyrrole nitrogens is 1. The molecule has 5 heteroatoms. The summed E-state index contributed by atoms with van der Waals surface area (Å²) in [4.78, 5) is 12.4. The summed E-state index contributed by atoms with van der Waals surface area (Å²) in [7, 11) is 1.97. The highest BCUT2D eigenvalue weighted by atomic mass is 16.1. The Bertz CT molecular complexity index is 793. The van der Waals surface area contributed by atoms with Crippen LogP contribution in [0, 0.1) is 13.8 Å². The predicted molar refractivity (Wildman–Crippen MR) is 82.2 cm³/mol. The van der Waals surface area contributed by atoms with Gasteiger partial charge < -0.3 is 9.88 Å². The Kier molecular flexibility index (Phi) is 3.25. The molecule has 0 saturated carbocycles. The van der Waals surface area contributed by atoms with Gasteiger partial charge in [0.25, 0.3) is 5.91 Å². The van der Waals surface area contributed by atoms with Crippen LogP contribution < -0.4 is 5.32 Å². The van der Waals surface area contributed by atoms with Gasteiger partial charge in [0, 0.05) is 47.5 Å². The van der Waals surface area contributed by atoms with Crippen molar-refractivity contribution in [1.29, 1.82) is 0 Å². The summed E-state index contributed by atoms with van der Waals surface area (Å²) in [5.74, 6) is -0.0631. The second-order valence-electron chi connectivity index (χ2n) is 5.26. The fourth-order valence-electron chi connectivity index (χ4n) is 2.60. The van der Waals surface area contributed by atoms with E-state index in [4.69, 9.17) is 0 Å². The average Bonchev–Trinajstić information content (AvgIpc) is 3.01. The van der Waals surface area contributed by atoms with Crippen molar-refractivity contribution in [3.8, 4) is 0 Å². The molecule has 0 spiro atoms. The Morgan fingerprint density at radius 2 is 2.14 bits per heavy atom. The van der Waals surface area contributed by atoms with E-state index in [1.807, 2.05) is 55.9 Å². The van der Waals surface area contributed by atoms with E-state index >= 15 is 0 Å². The van der Waals surface area contributed by atoms with Crippen LogP contribution in [0.4, 0.5) is 0 Å². The lowest BCUT2D eigenvalue weighted by Gasteiger charge is -2.07. The number of hydrogen-bond acceptors (Lipinski definition) is 2. The molecule has 2 heterocycles. The molecule has 0 aliphatic carbocycles. The summed E-state index contributed by atoms with van der Waals surface area (Å²) in [5, 5.41) is 11.0. The first-order valence-electron chi connectivity index (χ1n) is 6.90. The fourth-order valence-corrected chi connectivity index (χ4v) is 2.60. The van der Waals surface area contributed by atoms with Crippen molar-refractivity contribution in [1.82, 2.24) is 20.1 Å². The molecule has 3 aromatic rings. The number of aromatic amines is 1. The standard InChI is InChI=1S/C16H18N4O/c1-10-14(11(2)19-18-10)9-17-16(21)13-5-4-6-15-12(13)7-8-20(15)3/h4-8H,9H2,1-3H3,(H,17,21)(H,18,19). The summed E-state index contributed by atoms with van der Waals surface area (Å²) in [6, 6.07) is 7.74. The Morgan fingerprint density at radius 1 is 1.33 bits per heavy atom. The van der Waals surface area contributed by atoms with E-state index < -0.39 is 0 Å². The molecule has 0 fully saturated rings. The number of carbonyl (C=O) groups excluding carboxylic acids is 1. The first-order valence-corrected chi connectivity index (χ1v) is 6.90. The number of fused-ring (bicyclic) bond motifs is 1. The topological polar surface area (TPSA) is 62.7 Å². The van der Waals surface area contributed by atoms with Crippen LogP contribution in [-0.4, -0.2) is 20.7 Å². The minimum absolute atomic E-state index is 0.0631. The number of carbonyl (C=O) groups is 1. The Labute approximate surface area is 123 Å². The molecule has 0 aliphatic rings. The molecule has 0 atom stereocenters. The third kappa shape index (κ3) is 2.31. The van der Waals surface area contributed by atoms with Crippen molar-refractivity contribution in [3.05, 3.63) is 53.0 Å². The minimum atomic E-state index is -0.0631. The number of nitrogens with one attached hydrogen (secondary N) is 2. The Balaban J connectivity index is 1.85. The van der Waals surface area contributed by atoms with Crippen molar-refractivity contribution in [2.24, 2.45) is 7.05 Å². The van der Waals surface area contributed by atoms with Gasteiger partial charge in [-0.1, -0.05) is 6.07 Å². The number of aryl methyl sites for hydroxylation is 3. The molecule has 1 amide bonds. The molecular weight excluding hydrogens is 264 g/mol. The maximum absolute atomic E-state index is 12.4. The van der Waals surface area contributed by atoms with E-state index in [2.05, 4.69) is 15.5 Å². The first kappa shape index (κ1) is 13.4. The first-order chi connectivity index (χ1) is 10.1. The molecule has 5 nitrogen and oxygen atoms in total. The lowest BCUT2D eigenvalue weighted by atomic mass is 10.1. The van der Waals surface area contributed by atoms with Crippen molar-refractivity contribution in [3.63, 3.8) is 0 Å². The number of benzene rings is 1. The number of rotatable bonds is 3. The third-order valence-electron chi connectivity index (χ3n) is 3.88. The molecule has 2 aromatic heterocycles. The van der Waals surface area contributed by atoms with Crippen LogP contribution >= 0.6 is 0 Å². The largest absolute Gasteiger partial charge is 0.351 e. The van der Waals surface area contributed by atoms with Crippen LogP contribution in [0.5, 0.6) is 0 Å². The average molecular weight is 282 g/mol. The second kappa shape index (κ2) is 5.09. The van der Waals surface area contributed by atoms with E-state index in [0.29, 0.717) is 12.1 Å². The van der Waals surface area contributed by atoms with Crippen molar-refractivity contribution in [2.75, 3.05) is 0 Å². The van der Waals surface area contributed by atoms with Crippen molar-refractivity contribution < 1.29 is 4.79 Å². The smallest absolute Gasteiger partial charge is 0.252 e. The van der Waals surface area contributed by atoms with E-state index in [1.165, 1.54) is 0 Å². The van der Waals surface area contributed by atoms with Gasteiger partial charge in [0.15, 0.2) is 0 Å². The van der Waals surface area contributed by atoms with Crippen molar-refractivity contribution >= 4 is 16.8 Å². The number of amides is 1. The molecule has 0 radical (unpaired) electrons. The fraction of sp³-hybridized carbons (Fsp3) is 0.250. The maximum Gasteiger partial charge on any atom is 0.252 e. The molecule has 0 bridgehead atoms. The molecule has 108 valence electrons. The number of nitrogens with zero attached hydrogens (tertiary/aromatic N) is 2. The van der Waals surface area contributed by atoms with E-state index in [1.54, 1.807) is 0 Å². The highest BCUT2D eigenvalue weighted by Gasteiger charge is 2.13. The van der Waals surface area contributed by atoms with E-state index in [-0.39, 0.29) is 5.91 Å². The van der Waals surface area contributed by atoms with E-state index in [9.17, 15) is 4.79 Å². The SMILES string of the molecule is Cc1n[nH]c(C)c1CNC(=O)c1cccc2c1ccn2C. The predicted octanol–water partition coefficient (Wildman–Crippen LogP) is 2.45. The minimum Gasteiger partial charge on any atom is -0.351 e. The monoisotopic (exact) mass is 282 g/mol. The Morgan fingerprint density at radius 3 is 2.86 bits per heavy atom. The van der Waals surface area contributed by atoms with Gasteiger partial charge in [0.2, 0.25) is 0 Å². The zero-order valence-corrected chi connectivity index (χ0v) is 12.4. The summed E-state index contributed by atoms with van der Waals surface area (Å²) in [5.41, 5.74) is 4.71. The molecule has 1 aromatic carbocycles.